The second kappa shape index (κ2) is 7.09. The molecule has 0 fully saturated rings. The van der Waals surface area contributed by atoms with Crippen LogP contribution in [0.3, 0.4) is 0 Å². The lowest BCUT2D eigenvalue weighted by atomic mass is 10.2. The Morgan fingerprint density at radius 1 is 1.17 bits per heavy atom. The molecular weight excluding hydrogens is 352 g/mol. The van der Waals surface area contributed by atoms with Crippen molar-refractivity contribution in [3.63, 3.8) is 0 Å². The lowest BCUT2D eigenvalue weighted by molar-refractivity contribution is -0.137. The SMILES string of the molecule is CCOC(=O)c1ccc(F)cc1Oc1cccc(C(F)(F)F)c1Cl. The average Bonchev–Trinajstić information content (AvgIpc) is 2.48. The fraction of sp³-hybridized carbons (Fsp3) is 0.188. The number of rotatable bonds is 4. The maximum absolute atomic E-state index is 13.4. The first-order valence-electron chi connectivity index (χ1n) is 6.74. The molecule has 0 aliphatic rings. The van der Waals surface area contributed by atoms with Gasteiger partial charge in [-0.05, 0) is 31.2 Å². The normalized spacial score (nSPS) is 11.2. The maximum atomic E-state index is 13.4. The predicted molar refractivity (Wildman–Crippen MR) is 78.9 cm³/mol. The maximum Gasteiger partial charge on any atom is 0.417 e. The first kappa shape index (κ1) is 18.1. The molecule has 0 atom stereocenters. The Labute approximate surface area is 139 Å². The van der Waals surface area contributed by atoms with Crippen molar-refractivity contribution in [1.82, 2.24) is 0 Å². The topological polar surface area (TPSA) is 35.5 Å². The molecule has 0 aromatic heterocycles. The summed E-state index contributed by atoms with van der Waals surface area (Å²) >= 11 is 5.72. The lowest BCUT2D eigenvalue weighted by Gasteiger charge is -2.15. The van der Waals surface area contributed by atoms with Crippen LogP contribution in [-0.4, -0.2) is 12.6 Å². The largest absolute Gasteiger partial charge is 0.462 e. The van der Waals surface area contributed by atoms with Gasteiger partial charge in [-0.3, -0.25) is 0 Å². The Bertz CT molecular complexity index is 759. The fourth-order valence-electron chi connectivity index (χ4n) is 1.89. The number of esters is 1. The van der Waals surface area contributed by atoms with Gasteiger partial charge in [-0.15, -0.1) is 0 Å². The Kier molecular flexibility index (Phi) is 5.33. The van der Waals surface area contributed by atoms with Crippen LogP contribution in [-0.2, 0) is 10.9 Å². The van der Waals surface area contributed by atoms with Crippen LogP contribution in [0.4, 0.5) is 17.6 Å². The molecule has 0 radical (unpaired) electrons. The minimum absolute atomic E-state index is 0.0694. The van der Waals surface area contributed by atoms with Crippen LogP contribution in [0.15, 0.2) is 36.4 Å². The zero-order valence-electron chi connectivity index (χ0n) is 12.3. The highest BCUT2D eigenvalue weighted by Crippen LogP contribution is 2.41. The molecule has 24 heavy (non-hydrogen) atoms. The summed E-state index contributed by atoms with van der Waals surface area (Å²) in [5.41, 5.74) is -1.23. The summed E-state index contributed by atoms with van der Waals surface area (Å²) in [7, 11) is 0. The fourth-order valence-corrected chi connectivity index (χ4v) is 2.16. The number of hydrogen-bond donors (Lipinski definition) is 0. The molecule has 2 aromatic rings. The summed E-state index contributed by atoms with van der Waals surface area (Å²) in [5, 5.41) is -0.691. The van der Waals surface area contributed by atoms with Crippen LogP contribution in [0, 0.1) is 5.82 Å². The van der Waals surface area contributed by atoms with Crippen molar-refractivity contribution in [2.24, 2.45) is 0 Å². The molecule has 8 heteroatoms. The van der Waals surface area contributed by atoms with E-state index in [1.807, 2.05) is 0 Å². The van der Waals surface area contributed by atoms with Gasteiger partial charge in [0.15, 0.2) is 0 Å². The first-order valence-corrected chi connectivity index (χ1v) is 7.12. The second-order valence-electron chi connectivity index (χ2n) is 4.58. The van der Waals surface area contributed by atoms with E-state index >= 15 is 0 Å². The number of carbonyl (C=O) groups excluding carboxylic acids is 1. The highest BCUT2D eigenvalue weighted by molar-refractivity contribution is 6.33. The third-order valence-corrected chi connectivity index (χ3v) is 3.32. The highest BCUT2D eigenvalue weighted by Gasteiger charge is 2.34. The van der Waals surface area contributed by atoms with Crippen LogP contribution < -0.4 is 4.74 Å². The van der Waals surface area contributed by atoms with Crippen molar-refractivity contribution in [3.8, 4) is 11.5 Å². The Morgan fingerprint density at radius 2 is 1.88 bits per heavy atom. The molecule has 2 aromatic carbocycles. The highest BCUT2D eigenvalue weighted by atomic mass is 35.5. The molecule has 0 aliphatic heterocycles. The van der Waals surface area contributed by atoms with Crippen molar-refractivity contribution in [2.75, 3.05) is 6.61 Å². The third-order valence-electron chi connectivity index (χ3n) is 2.93. The molecular formula is C16H11ClF4O3. The van der Waals surface area contributed by atoms with E-state index in [-0.39, 0.29) is 23.7 Å². The molecule has 128 valence electrons. The standard InChI is InChI=1S/C16H11ClF4O3/c1-2-23-15(22)10-7-6-9(18)8-13(10)24-12-5-3-4-11(14(12)17)16(19,20)21/h3-8H,2H2,1H3. The van der Waals surface area contributed by atoms with E-state index in [1.54, 1.807) is 6.92 Å². The third kappa shape index (κ3) is 3.97. The molecule has 0 saturated carbocycles. The van der Waals surface area contributed by atoms with Crippen molar-refractivity contribution in [3.05, 3.63) is 58.4 Å². The molecule has 0 aliphatic carbocycles. The molecule has 2 rings (SSSR count). The van der Waals surface area contributed by atoms with E-state index in [9.17, 15) is 22.4 Å². The van der Waals surface area contributed by atoms with Crippen molar-refractivity contribution < 1.29 is 31.8 Å². The van der Waals surface area contributed by atoms with Crippen molar-refractivity contribution >= 4 is 17.6 Å². The number of alkyl halides is 3. The minimum atomic E-state index is -4.68. The molecule has 0 spiro atoms. The minimum Gasteiger partial charge on any atom is -0.462 e. The number of hydrogen-bond acceptors (Lipinski definition) is 3. The number of benzene rings is 2. The molecule has 0 bridgehead atoms. The molecule has 3 nitrogen and oxygen atoms in total. The average molecular weight is 363 g/mol. The van der Waals surface area contributed by atoms with E-state index in [0.717, 1.165) is 30.3 Å². The summed E-state index contributed by atoms with van der Waals surface area (Å²) in [5.74, 6) is -2.19. The van der Waals surface area contributed by atoms with E-state index in [4.69, 9.17) is 21.1 Å². The summed E-state index contributed by atoms with van der Waals surface area (Å²) in [6.45, 7) is 1.64. The molecule has 0 unspecified atom stereocenters. The number of halogens is 5. The first-order chi connectivity index (χ1) is 11.2. The van der Waals surface area contributed by atoms with Crippen molar-refractivity contribution in [2.45, 2.75) is 13.1 Å². The smallest absolute Gasteiger partial charge is 0.417 e. The molecule has 0 heterocycles. The van der Waals surface area contributed by atoms with Gasteiger partial charge in [-0.2, -0.15) is 13.2 Å². The van der Waals surface area contributed by atoms with Gasteiger partial charge < -0.3 is 9.47 Å². The van der Waals surface area contributed by atoms with Crippen LogP contribution in [0.5, 0.6) is 11.5 Å². The second-order valence-corrected chi connectivity index (χ2v) is 4.96. The van der Waals surface area contributed by atoms with Gasteiger partial charge in [0.1, 0.15) is 22.9 Å². The number of ether oxygens (including phenoxy) is 2. The zero-order chi connectivity index (χ0) is 17.9. The molecule has 0 N–H and O–H groups in total. The van der Waals surface area contributed by atoms with E-state index in [2.05, 4.69) is 0 Å². The van der Waals surface area contributed by atoms with Gasteiger partial charge >= 0.3 is 12.1 Å². The monoisotopic (exact) mass is 362 g/mol. The van der Waals surface area contributed by atoms with Crippen LogP contribution in [0.2, 0.25) is 5.02 Å². The summed E-state index contributed by atoms with van der Waals surface area (Å²) in [6.07, 6.45) is -4.68. The zero-order valence-corrected chi connectivity index (χ0v) is 13.0. The van der Waals surface area contributed by atoms with Crippen LogP contribution in [0.1, 0.15) is 22.8 Å². The van der Waals surface area contributed by atoms with Gasteiger partial charge in [-0.1, -0.05) is 17.7 Å². The molecule has 0 amide bonds. The van der Waals surface area contributed by atoms with Crippen LogP contribution >= 0.6 is 11.6 Å². The molecule has 0 saturated heterocycles. The quantitative estimate of drug-likeness (QED) is 0.534. The lowest BCUT2D eigenvalue weighted by Crippen LogP contribution is -2.08. The van der Waals surface area contributed by atoms with E-state index in [0.29, 0.717) is 0 Å². The van der Waals surface area contributed by atoms with Gasteiger partial charge in [0.25, 0.3) is 0 Å². The van der Waals surface area contributed by atoms with Crippen molar-refractivity contribution in [1.29, 1.82) is 0 Å². The Balaban J connectivity index is 2.45. The number of carbonyl (C=O) groups is 1. The summed E-state index contributed by atoms with van der Waals surface area (Å²) < 4.78 is 62.1. The van der Waals surface area contributed by atoms with Gasteiger partial charge in [0.05, 0.1) is 17.2 Å². The van der Waals surface area contributed by atoms with Gasteiger partial charge in [-0.25, -0.2) is 9.18 Å². The van der Waals surface area contributed by atoms with Gasteiger partial charge in [0.2, 0.25) is 0 Å². The van der Waals surface area contributed by atoms with Crippen LogP contribution in [0.25, 0.3) is 0 Å². The van der Waals surface area contributed by atoms with E-state index < -0.39 is 28.5 Å². The van der Waals surface area contributed by atoms with Gasteiger partial charge in [0, 0.05) is 6.07 Å². The predicted octanol–water partition coefficient (Wildman–Crippen LogP) is 5.47. The summed E-state index contributed by atoms with van der Waals surface area (Å²) in [4.78, 5) is 11.8. The summed E-state index contributed by atoms with van der Waals surface area (Å²) in [6, 6.07) is 6.04. The Hall–Kier alpha value is -2.28. The van der Waals surface area contributed by atoms with E-state index in [1.165, 1.54) is 6.07 Å². The Morgan fingerprint density at radius 3 is 2.50 bits per heavy atom.